The lowest BCUT2D eigenvalue weighted by Gasteiger charge is -2.55. The van der Waals surface area contributed by atoms with Gasteiger partial charge in [0.05, 0.1) is 12.5 Å². The first-order valence-corrected chi connectivity index (χ1v) is 11.3. The van der Waals surface area contributed by atoms with Crippen LogP contribution < -0.4 is 10.1 Å². The van der Waals surface area contributed by atoms with Crippen molar-refractivity contribution in [3.05, 3.63) is 65.7 Å². The van der Waals surface area contributed by atoms with Crippen LogP contribution in [0, 0.1) is 23.2 Å². The monoisotopic (exact) mass is 415 g/mol. The maximum atomic E-state index is 13.3. The second kappa shape index (κ2) is 7.99. The van der Waals surface area contributed by atoms with E-state index in [4.69, 9.17) is 4.74 Å². The fraction of sp³-hybridized carbons (Fsp3) is 0.407. The minimum atomic E-state index is -0.191. The van der Waals surface area contributed by atoms with Crippen LogP contribution in [0.3, 0.4) is 0 Å². The molecule has 0 radical (unpaired) electrons. The predicted molar refractivity (Wildman–Crippen MR) is 122 cm³/mol. The molecule has 4 saturated carbocycles. The van der Waals surface area contributed by atoms with Crippen LogP contribution in [0.15, 0.2) is 54.6 Å². The summed E-state index contributed by atoms with van der Waals surface area (Å²) in [6.07, 6.45) is 10.4. The molecular formula is C27H29NO3. The standard InChI is InChI=1S/C27H29NO3/c1-31-24-8-5-18(6-9-24)7-10-25(29)22-3-2-4-23(14-22)28-26(30)27-15-19-11-20(16-27)13-21(12-19)17-27/h2-10,14,19-21H,11-13,15-17H2,1H3,(H,28,30). The van der Waals surface area contributed by atoms with Gasteiger partial charge >= 0.3 is 0 Å². The van der Waals surface area contributed by atoms with Gasteiger partial charge in [0.25, 0.3) is 0 Å². The van der Waals surface area contributed by atoms with E-state index >= 15 is 0 Å². The Morgan fingerprint density at radius 1 is 0.968 bits per heavy atom. The molecule has 0 saturated heterocycles. The Hall–Kier alpha value is -2.88. The summed E-state index contributed by atoms with van der Waals surface area (Å²) in [5.74, 6) is 3.05. The van der Waals surface area contributed by atoms with E-state index in [1.165, 1.54) is 19.3 Å². The number of carbonyl (C=O) groups is 2. The lowest BCUT2D eigenvalue weighted by Crippen LogP contribution is -2.51. The minimum absolute atomic E-state index is 0.0817. The number of anilines is 1. The van der Waals surface area contributed by atoms with Crippen molar-refractivity contribution in [1.82, 2.24) is 0 Å². The summed E-state index contributed by atoms with van der Waals surface area (Å²) in [7, 11) is 1.63. The maximum Gasteiger partial charge on any atom is 0.230 e. The Balaban J connectivity index is 1.27. The summed E-state index contributed by atoms with van der Waals surface area (Å²) in [4.78, 5) is 26.0. The van der Waals surface area contributed by atoms with Crippen molar-refractivity contribution in [2.45, 2.75) is 38.5 Å². The van der Waals surface area contributed by atoms with Crippen LogP contribution in [-0.2, 0) is 4.79 Å². The number of rotatable bonds is 6. The molecule has 6 rings (SSSR count). The minimum Gasteiger partial charge on any atom is -0.497 e. The molecule has 4 nitrogen and oxygen atoms in total. The number of hydrogen-bond donors (Lipinski definition) is 1. The first-order valence-electron chi connectivity index (χ1n) is 11.3. The molecule has 160 valence electrons. The number of benzene rings is 2. The quantitative estimate of drug-likeness (QED) is 0.483. The summed E-state index contributed by atoms with van der Waals surface area (Å²) >= 11 is 0. The predicted octanol–water partition coefficient (Wildman–Crippen LogP) is 5.75. The molecule has 1 amide bonds. The summed E-state index contributed by atoms with van der Waals surface area (Å²) in [6.45, 7) is 0. The van der Waals surface area contributed by atoms with Gasteiger partial charge in [0, 0.05) is 11.3 Å². The molecule has 4 bridgehead atoms. The van der Waals surface area contributed by atoms with Crippen LogP contribution in [0.4, 0.5) is 5.69 Å². The lowest BCUT2D eigenvalue weighted by molar-refractivity contribution is -0.140. The second-order valence-corrected chi connectivity index (χ2v) is 9.70. The van der Waals surface area contributed by atoms with Gasteiger partial charge in [-0.15, -0.1) is 0 Å². The molecule has 0 spiro atoms. The zero-order valence-electron chi connectivity index (χ0n) is 18.0. The number of nitrogens with one attached hydrogen (secondary N) is 1. The van der Waals surface area contributed by atoms with Crippen LogP contribution in [0.25, 0.3) is 6.08 Å². The van der Waals surface area contributed by atoms with E-state index in [-0.39, 0.29) is 17.1 Å². The smallest absolute Gasteiger partial charge is 0.230 e. The van der Waals surface area contributed by atoms with Gasteiger partial charge < -0.3 is 10.1 Å². The molecule has 0 atom stereocenters. The van der Waals surface area contributed by atoms with Crippen molar-refractivity contribution in [3.63, 3.8) is 0 Å². The van der Waals surface area contributed by atoms with E-state index in [0.717, 1.165) is 48.3 Å². The van der Waals surface area contributed by atoms with Crippen LogP contribution in [0.1, 0.15) is 54.4 Å². The summed E-state index contributed by atoms with van der Waals surface area (Å²) in [5, 5.41) is 3.15. The molecule has 2 aromatic carbocycles. The highest BCUT2D eigenvalue weighted by molar-refractivity contribution is 6.07. The highest BCUT2D eigenvalue weighted by atomic mass is 16.5. The van der Waals surface area contributed by atoms with E-state index in [1.54, 1.807) is 31.4 Å². The van der Waals surface area contributed by atoms with E-state index in [0.29, 0.717) is 11.3 Å². The van der Waals surface area contributed by atoms with Crippen molar-refractivity contribution < 1.29 is 14.3 Å². The Kier molecular flexibility index (Phi) is 5.17. The van der Waals surface area contributed by atoms with Crippen LogP contribution in [-0.4, -0.2) is 18.8 Å². The molecular weight excluding hydrogens is 386 g/mol. The van der Waals surface area contributed by atoms with Crippen molar-refractivity contribution in [1.29, 1.82) is 0 Å². The summed E-state index contributed by atoms with van der Waals surface area (Å²) in [6, 6.07) is 14.8. The zero-order valence-corrected chi connectivity index (χ0v) is 18.0. The lowest BCUT2D eigenvalue weighted by atomic mass is 9.49. The van der Waals surface area contributed by atoms with E-state index < -0.39 is 0 Å². The third-order valence-corrected chi connectivity index (χ3v) is 7.47. The maximum absolute atomic E-state index is 13.3. The molecule has 0 aliphatic heterocycles. The summed E-state index contributed by atoms with van der Waals surface area (Å²) in [5.41, 5.74) is 2.03. The Labute approximate surface area is 183 Å². The Morgan fingerprint density at radius 2 is 1.61 bits per heavy atom. The first-order chi connectivity index (χ1) is 15.0. The average Bonchev–Trinajstić information content (AvgIpc) is 2.77. The van der Waals surface area contributed by atoms with Gasteiger partial charge in [0.2, 0.25) is 5.91 Å². The van der Waals surface area contributed by atoms with Crippen LogP contribution >= 0.6 is 0 Å². The SMILES string of the molecule is COc1ccc(C=CC(=O)c2cccc(NC(=O)C34CC5CC(CC(C5)C3)C4)c2)cc1. The zero-order chi connectivity index (χ0) is 21.4. The molecule has 0 heterocycles. The van der Waals surface area contributed by atoms with E-state index in [9.17, 15) is 9.59 Å². The normalized spacial score (nSPS) is 28.6. The number of amides is 1. The fourth-order valence-corrected chi connectivity index (χ4v) is 6.39. The number of methoxy groups -OCH3 is 1. The highest BCUT2D eigenvalue weighted by Crippen LogP contribution is 2.60. The van der Waals surface area contributed by atoms with Crippen molar-refractivity contribution in [2.24, 2.45) is 23.2 Å². The Morgan fingerprint density at radius 3 is 2.23 bits per heavy atom. The van der Waals surface area contributed by atoms with Crippen molar-refractivity contribution >= 4 is 23.5 Å². The highest BCUT2D eigenvalue weighted by Gasteiger charge is 2.54. The molecule has 4 fully saturated rings. The van der Waals surface area contributed by atoms with Gasteiger partial charge in [0.15, 0.2) is 5.78 Å². The fourth-order valence-electron chi connectivity index (χ4n) is 6.39. The summed E-state index contributed by atoms with van der Waals surface area (Å²) < 4.78 is 5.16. The second-order valence-electron chi connectivity index (χ2n) is 9.70. The third kappa shape index (κ3) is 4.04. The number of ketones is 1. The number of ether oxygens (including phenoxy) is 1. The van der Waals surface area contributed by atoms with Crippen molar-refractivity contribution in [3.8, 4) is 5.75 Å². The van der Waals surface area contributed by atoms with Gasteiger partial charge in [0.1, 0.15) is 5.75 Å². The number of hydrogen-bond acceptors (Lipinski definition) is 3. The molecule has 2 aromatic rings. The third-order valence-electron chi connectivity index (χ3n) is 7.47. The number of carbonyl (C=O) groups excluding carboxylic acids is 2. The molecule has 4 heteroatoms. The topological polar surface area (TPSA) is 55.4 Å². The number of allylic oxidation sites excluding steroid dienone is 1. The van der Waals surface area contributed by atoms with Gasteiger partial charge in [-0.3, -0.25) is 9.59 Å². The molecule has 4 aliphatic rings. The van der Waals surface area contributed by atoms with E-state index in [1.807, 2.05) is 36.4 Å². The van der Waals surface area contributed by atoms with Gasteiger partial charge in [-0.1, -0.05) is 30.3 Å². The van der Waals surface area contributed by atoms with Crippen molar-refractivity contribution in [2.75, 3.05) is 12.4 Å². The van der Waals surface area contributed by atoms with Gasteiger partial charge in [-0.25, -0.2) is 0 Å². The molecule has 31 heavy (non-hydrogen) atoms. The van der Waals surface area contributed by atoms with E-state index in [2.05, 4.69) is 5.32 Å². The average molecular weight is 416 g/mol. The molecule has 0 unspecified atom stereocenters. The molecule has 0 aromatic heterocycles. The largest absolute Gasteiger partial charge is 0.497 e. The molecule has 4 aliphatic carbocycles. The van der Waals surface area contributed by atoms with Gasteiger partial charge in [-0.2, -0.15) is 0 Å². The first kappa shape index (κ1) is 20.0. The Bertz CT molecular complexity index is 986. The van der Waals surface area contributed by atoms with Crippen LogP contribution in [0.2, 0.25) is 0 Å². The van der Waals surface area contributed by atoms with Crippen LogP contribution in [0.5, 0.6) is 5.75 Å². The molecule has 1 N–H and O–H groups in total. The van der Waals surface area contributed by atoms with Gasteiger partial charge in [-0.05, 0) is 92.2 Å².